The minimum absolute atomic E-state index is 0.0498. The predicted molar refractivity (Wildman–Crippen MR) is 94.6 cm³/mol. The van der Waals surface area contributed by atoms with Crippen LogP contribution in [0.3, 0.4) is 0 Å². The molecule has 0 saturated carbocycles. The molecule has 0 atom stereocenters. The Labute approximate surface area is 145 Å². The van der Waals surface area contributed by atoms with E-state index in [1.165, 1.54) is 63.5 Å². The molecule has 0 amide bonds. The standard InChI is InChI=1S/C18H30BFO4/c1-2-3-4-5-6-7-8-9-10-11-14-23-18-13-12-16(15-17(18)20)24-19(21)22/h12-13,15,21-22H,2-11,14H2,1H3. The largest absolute Gasteiger partial charge is 0.707 e. The molecule has 0 aliphatic rings. The second-order valence-corrected chi connectivity index (χ2v) is 6.07. The number of rotatable bonds is 14. The number of halogens is 1. The maximum atomic E-state index is 13.7. The van der Waals surface area contributed by atoms with Gasteiger partial charge in [-0.1, -0.05) is 64.7 Å². The van der Waals surface area contributed by atoms with E-state index >= 15 is 0 Å². The summed E-state index contributed by atoms with van der Waals surface area (Å²) in [7, 11) is -1.96. The van der Waals surface area contributed by atoms with Crippen LogP contribution in [0, 0.1) is 5.82 Å². The van der Waals surface area contributed by atoms with Crippen molar-refractivity contribution in [3.8, 4) is 11.5 Å². The van der Waals surface area contributed by atoms with Crippen molar-refractivity contribution in [2.45, 2.75) is 71.1 Å². The topological polar surface area (TPSA) is 58.9 Å². The zero-order valence-electron chi connectivity index (χ0n) is 14.7. The SMILES string of the molecule is CCCCCCCCCCCCOc1ccc(OB(O)O)cc1F. The first-order valence-electron chi connectivity index (χ1n) is 9.08. The van der Waals surface area contributed by atoms with Crippen molar-refractivity contribution in [3.63, 3.8) is 0 Å². The Kier molecular flexibility index (Phi) is 11.3. The molecule has 0 fully saturated rings. The lowest BCUT2D eigenvalue weighted by molar-refractivity contribution is 0.280. The molecular weight excluding hydrogens is 310 g/mol. The summed E-state index contributed by atoms with van der Waals surface area (Å²) in [6, 6.07) is 3.95. The summed E-state index contributed by atoms with van der Waals surface area (Å²) >= 11 is 0. The van der Waals surface area contributed by atoms with Crippen LogP contribution < -0.4 is 9.39 Å². The highest BCUT2D eigenvalue weighted by molar-refractivity contribution is 6.33. The molecule has 4 nitrogen and oxygen atoms in total. The monoisotopic (exact) mass is 340 g/mol. The quantitative estimate of drug-likeness (QED) is 0.387. The van der Waals surface area contributed by atoms with Gasteiger partial charge in [0, 0.05) is 6.07 Å². The van der Waals surface area contributed by atoms with E-state index in [9.17, 15) is 4.39 Å². The van der Waals surface area contributed by atoms with E-state index in [2.05, 4.69) is 11.6 Å². The average molecular weight is 340 g/mol. The van der Waals surface area contributed by atoms with Gasteiger partial charge in [-0.2, -0.15) is 0 Å². The number of benzene rings is 1. The maximum absolute atomic E-state index is 13.7. The molecule has 6 heteroatoms. The summed E-state index contributed by atoms with van der Waals surface area (Å²) in [6.07, 6.45) is 12.4. The van der Waals surface area contributed by atoms with Crippen LogP contribution in [0.15, 0.2) is 18.2 Å². The van der Waals surface area contributed by atoms with E-state index in [0.29, 0.717) is 6.61 Å². The van der Waals surface area contributed by atoms with E-state index in [0.717, 1.165) is 18.9 Å². The summed E-state index contributed by atoms with van der Waals surface area (Å²) < 4.78 is 23.7. The van der Waals surface area contributed by atoms with Crippen LogP contribution in [0.1, 0.15) is 71.1 Å². The Bertz CT molecular complexity index is 443. The van der Waals surface area contributed by atoms with E-state index in [4.69, 9.17) is 14.8 Å². The van der Waals surface area contributed by atoms with Crippen molar-refractivity contribution >= 4 is 7.32 Å². The van der Waals surface area contributed by atoms with Crippen molar-refractivity contribution in [1.82, 2.24) is 0 Å². The first-order valence-corrected chi connectivity index (χ1v) is 9.08. The number of ether oxygens (including phenoxy) is 1. The Morgan fingerprint density at radius 3 is 2.04 bits per heavy atom. The van der Waals surface area contributed by atoms with Crippen LogP contribution in [0.5, 0.6) is 11.5 Å². The third kappa shape index (κ3) is 9.78. The molecule has 0 spiro atoms. The van der Waals surface area contributed by atoms with Gasteiger partial charge in [0.1, 0.15) is 5.75 Å². The van der Waals surface area contributed by atoms with Gasteiger partial charge in [0.25, 0.3) is 0 Å². The van der Waals surface area contributed by atoms with Gasteiger partial charge in [-0.05, 0) is 18.6 Å². The minimum Gasteiger partial charge on any atom is -0.512 e. The smallest absolute Gasteiger partial charge is 0.512 e. The molecule has 24 heavy (non-hydrogen) atoms. The van der Waals surface area contributed by atoms with Gasteiger partial charge in [0.15, 0.2) is 11.6 Å². The molecule has 0 heterocycles. The second kappa shape index (κ2) is 13.1. The number of hydrogen-bond acceptors (Lipinski definition) is 4. The molecule has 136 valence electrons. The van der Waals surface area contributed by atoms with Crippen LogP contribution in [0.2, 0.25) is 0 Å². The fourth-order valence-electron chi connectivity index (χ4n) is 2.57. The van der Waals surface area contributed by atoms with E-state index < -0.39 is 13.1 Å². The molecule has 0 unspecified atom stereocenters. The summed E-state index contributed by atoms with van der Waals surface area (Å²) in [5.74, 6) is -0.361. The molecule has 0 aromatic heterocycles. The van der Waals surface area contributed by atoms with Gasteiger partial charge < -0.3 is 19.4 Å². The first kappa shape index (κ1) is 20.8. The van der Waals surface area contributed by atoms with Crippen molar-refractivity contribution < 1.29 is 23.8 Å². The highest BCUT2D eigenvalue weighted by Gasteiger charge is 2.13. The molecule has 1 rings (SSSR count). The molecule has 0 saturated heterocycles. The Hall–Kier alpha value is -1.27. The lowest BCUT2D eigenvalue weighted by Crippen LogP contribution is -2.20. The zero-order chi connectivity index (χ0) is 17.6. The summed E-state index contributed by atoms with van der Waals surface area (Å²) in [5.41, 5.74) is 0. The van der Waals surface area contributed by atoms with Crippen molar-refractivity contribution in [1.29, 1.82) is 0 Å². The van der Waals surface area contributed by atoms with Crippen LogP contribution in [-0.2, 0) is 0 Å². The normalized spacial score (nSPS) is 10.7. The summed E-state index contributed by atoms with van der Waals surface area (Å²) in [5, 5.41) is 17.3. The molecule has 0 aliphatic heterocycles. The predicted octanol–water partition coefficient (Wildman–Crippen LogP) is 4.47. The van der Waals surface area contributed by atoms with Crippen molar-refractivity contribution in [2.75, 3.05) is 6.61 Å². The molecule has 2 N–H and O–H groups in total. The van der Waals surface area contributed by atoms with Gasteiger partial charge >= 0.3 is 7.32 Å². The first-order chi connectivity index (χ1) is 11.6. The molecule has 0 bridgehead atoms. The number of hydrogen-bond donors (Lipinski definition) is 2. The fourth-order valence-corrected chi connectivity index (χ4v) is 2.57. The van der Waals surface area contributed by atoms with E-state index in [1.54, 1.807) is 0 Å². The van der Waals surface area contributed by atoms with Crippen LogP contribution in [0.25, 0.3) is 0 Å². The Morgan fingerprint density at radius 1 is 0.917 bits per heavy atom. The lowest BCUT2D eigenvalue weighted by atomic mass is 10.1. The lowest BCUT2D eigenvalue weighted by Gasteiger charge is -2.09. The van der Waals surface area contributed by atoms with Crippen LogP contribution in [0.4, 0.5) is 4.39 Å². The average Bonchev–Trinajstić information content (AvgIpc) is 2.54. The second-order valence-electron chi connectivity index (χ2n) is 6.07. The highest BCUT2D eigenvalue weighted by Crippen LogP contribution is 2.23. The molecule has 1 aromatic carbocycles. The molecule has 1 aromatic rings. The van der Waals surface area contributed by atoms with Crippen LogP contribution in [-0.4, -0.2) is 24.0 Å². The minimum atomic E-state index is -1.96. The van der Waals surface area contributed by atoms with Gasteiger partial charge in [-0.3, -0.25) is 0 Å². The Balaban J connectivity index is 2.05. The van der Waals surface area contributed by atoms with E-state index in [-0.39, 0.29) is 11.5 Å². The van der Waals surface area contributed by atoms with Gasteiger partial charge in [-0.25, -0.2) is 4.39 Å². The molecular formula is C18H30BFO4. The number of unbranched alkanes of at least 4 members (excludes halogenated alkanes) is 9. The van der Waals surface area contributed by atoms with Crippen molar-refractivity contribution in [3.05, 3.63) is 24.0 Å². The third-order valence-corrected chi connectivity index (χ3v) is 3.90. The zero-order valence-corrected chi connectivity index (χ0v) is 14.7. The third-order valence-electron chi connectivity index (χ3n) is 3.90. The summed E-state index contributed by atoms with van der Waals surface area (Å²) in [6.45, 7) is 2.71. The maximum Gasteiger partial charge on any atom is 0.707 e. The molecule has 0 radical (unpaired) electrons. The Morgan fingerprint density at radius 2 is 1.50 bits per heavy atom. The highest BCUT2D eigenvalue weighted by atomic mass is 19.1. The molecule has 0 aliphatic carbocycles. The van der Waals surface area contributed by atoms with Crippen LogP contribution >= 0.6 is 0 Å². The van der Waals surface area contributed by atoms with Gasteiger partial charge in [0.05, 0.1) is 6.61 Å². The summed E-state index contributed by atoms with van der Waals surface area (Å²) in [4.78, 5) is 0. The van der Waals surface area contributed by atoms with E-state index in [1.807, 2.05) is 0 Å². The van der Waals surface area contributed by atoms with Crippen molar-refractivity contribution in [2.24, 2.45) is 0 Å². The fraction of sp³-hybridized carbons (Fsp3) is 0.667. The van der Waals surface area contributed by atoms with Gasteiger partial charge in [-0.15, -0.1) is 0 Å². The van der Waals surface area contributed by atoms with Gasteiger partial charge in [0.2, 0.25) is 0 Å².